The van der Waals surface area contributed by atoms with E-state index in [0.29, 0.717) is 31.1 Å². The van der Waals surface area contributed by atoms with Crippen LogP contribution in [-0.2, 0) is 9.53 Å². The van der Waals surface area contributed by atoms with Crippen LogP contribution in [0.1, 0.15) is 43.2 Å². The van der Waals surface area contributed by atoms with E-state index in [0.717, 1.165) is 22.8 Å². The van der Waals surface area contributed by atoms with E-state index in [9.17, 15) is 4.79 Å². The number of benzene rings is 1. The van der Waals surface area contributed by atoms with Gasteiger partial charge in [0.05, 0.1) is 31.5 Å². The minimum Gasteiger partial charge on any atom is -0.494 e. The zero-order valence-corrected chi connectivity index (χ0v) is 19.6. The minimum atomic E-state index is -0.219. The van der Waals surface area contributed by atoms with Gasteiger partial charge in [0.15, 0.2) is 5.11 Å². The number of aromatic nitrogens is 2. The molecule has 2 aromatic heterocycles. The van der Waals surface area contributed by atoms with Crippen LogP contribution in [0.4, 0.5) is 0 Å². The number of esters is 1. The van der Waals surface area contributed by atoms with E-state index in [-0.39, 0.29) is 18.1 Å². The molecular formula is C25H28N4O3S. The predicted octanol–water partition coefficient (Wildman–Crippen LogP) is 4.20. The molecule has 0 amide bonds. The summed E-state index contributed by atoms with van der Waals surface area (Å²) in [6, 6.07) is 17.9. The van der Waals surface area contributed by atoms with Crippen LogP contribution in [0, 0.1) is 0 Å². The fourth-order valence-electron chi connectivity index (χ4n) is 4.20. The number of carbonyl (C=O) groups excluding carboxylic acids is 1. The molecule has 7 nitrogen and oxygen atoms in total. The molecule has 3 aromatic rings. The van der Waals surface area contributed by atoms with E-state index in [4.69, 9.17) is 21.7 Å². The fourth-order valence-corrected chi connectivity index (χ4v) is 4.54. The maximum atomic E-state index is 11.7. The third kappa shape index (κ3) is 5.01. The zero-order valence-electron chi connectivity index (χ0n) is 18.8. The Morgan fingerprint density at radius 2 is 1.97 bits per heavy atom. The molecule has 8 heteroatoms. The Kier molecular flexibility index (Phi) is 7.24. The maximum Gasteiger partial charge on any atom is 0.305 e. The van der Waals surface area contributed by atoms with E-state index in [2.05, 4.69) is 32.0 Å². The molecule has 2 atom stereocenters. The number of pyridine rings is 1. The largest absolute Gasteiger partial charge is 0.494 e. The summed E-state index contributed by atoms with van der Waals surface area (Å²) in [5.41, 5.74) is 3.03. The summed E-state index contributed by atoms with van der Waals surface area (Å²) in [6.07, 6.45) is 4.83. The first-order chi connectivity index (χ1) is 16.1. The highest BCUT2D eigenvalue weighted by Gasteiger charge is 2.41. The van der Waals surface area contributed by atoms with Gasteiger partial charge in [0.25, 0.3) is 0 Å². The number of ether oxygens (including phenoxy) is 2. The van der Waals surface area contributed by atoms with Gasteiger partial charge in [-0.3, -0.25) is 9.78 Å². The highest BCUT2D eigenvalue weighted by Crippen LogP contribution is 2.39. The average molecular weight is 465 g/mol. The molecule has 4 rings (SSSR count). The number of hydrogen-bond acceptors (Lipinski definition) is 5. The Labute approximate surface area is 199 Å². The minimum absolute atomic E-state index is 0.0911. The number of nitrogens with zero attached hydrogens (tertiary/aromatic N) is 3. The van der Waals surface area contributed by atoms with Crippen LogP contribution < -0.4 is 10.1 Å². The molecule has 1 aliphatic heterocycles. The van der Waals surface area contributed by atoms with Gasteiger partial charge in [0.1, 0.15) is 5.75 Å². The lowest BCUT2D eigenvalue weighted by Crippen LogP contribution is -2.31. The molecule has 0 bridgehead atoms. The first-order valence-corrected chi connectivity index (χ1v) is 11.5. The maximum absolute atomic E-state index is 11.7. The van der Waals surface area contributed by atoms with Gasteiger partial charge in [-0.15, -0.1) is 0 Å². The van der Waals surface area contributed by atoms with Crippen molar-refractivity contribution < 1.29 is 14.3 Å². The number of rotatable bonds is 9. The Balaban J connectivity index is 1.68. The summed E-state index contributed by atoms with van der Waals surface area (Å²) in [5.74, 6) is 0.623. The van der Waals surface area contributed by atoms with Crippen LogP contribution in [0.15, 0.2) is 67.0 Å². The van der Waals surface area contributed by atoms with Gasteiger partial charge in [-0.2, -0.15) is 0 Å². The summed E-state index contributed by atoms with van der Waals surface area (Å²) < 4.78 is 12.6. The van der Waals surface area contributed by atoms with Crippen molar-refractivity contribution in [1.82, 2.24) is 19.8 Å². The molecule has 0 saturated carbocycles. The Morgan fingerprint density at radius 3 is 2.67 bits per heavy atom. The molecule has 1 N–H and O–H groups in total. The highest BCUT2D eigenvalue weighted by molar-refractivity contribution is 7.80. The highest BCUT2D eigenvalue weighted by atomic mass is 32.1. The second-order valence-corrected chi connectivity index (χ2v) is 8.12. The second-order valence-electron chi connectivity index (χ2n) is 7.73. The molecule has 1 saturated heterocycles. The monoisotopic (exact) mass is 464 g/mol. The molecule has 0 aliphatic carbocycles. The van der Waals surface area contributed by atoms with Gasteiger partial charge in [-0.05, 0) is 74.1 Å². The van der Waals surface area contributed by atoms with Gasteiger partial charge in [0, 0.05) is 36.7 Å². The summed E-state index contributed by atoms with van der Waals surface area (Å²) in [7, 11) is 1.41. The van der Waals surface area contributed by atoms with Crippen molar-refractivity contribution in [2.45, 2.75) is 31.8 Å². The smallest absolute Gasteiger partial charge is 0.305 e. The lowest BCUT2D eigenvalue weighted by atomic mass is 10.0. The van der Waals surface area contributed by atoms with E-state index >= 15 is 0 Å². The molecule has 0 unspecified atom stereocenters. The third-order valence-corrected chi connectivity index (χ3v) is 6.07. The van der Waals surface area contributed by atoms with Gasteiger partial charge in [-0.1, -0.05) is 6.07 Å². The van der Waals surface area contributed by atoms with E-state index in [1.54, 1.807) is 6.20 Å². The molecule has 1 aliphatic rings. The number of thiocarbonyl (C=S) groups is 1. The van der Waals surface area contributed by atoms with Crippen LogP contribution in [0.25, 0.3) is 5.69 Å². The normalized spacial score (nSPS) is 17.6. The SMILES string of the molecule is CCOc1ccc(-n2cccc2[C@H]2[C@@H](c3ccccn3)NC(=S)N2CCCC(=O)OC)cc1. The van der Waals surface area contributed by atoms with Crippen molar-refractivity contribution >= 4 is 23.3 Å². The molecule has 172 valence electrons. The van der Waals surface area contributed by atoms with Crippen molar-refractivity contribution in [1.29, 1.82) is 0 Å². The number of carbonyl (C=O) groups is 1. The molecular weight excluding hydrogens is 436 g/mol. The van der Waals surface area contributed by atoms with Crippen molar-refractivity contribution in [2.75, 3.05) is 20.3 Å². The van der Waals surface area contributed by atoms with Crippen LogP contribution >= 0.6 is 12.2 Å². The molecule has 33 heavy (non-hydrogen) atoms. The quantitative estimate of drug-likeness (QED) is 0.376. The van der Waals surface area contributed by atoms with Crippen molar-refractivity contribution in [2.24, 2.45) is 0 Å². The van der Waals surface area contributed by atoms with E-state index in [1.807, 2.05) is 55.5 Å². The van der Waals surface area contributed by atoms with E-state index < -0.39 is 0 Å². The summed E-state index contributed by atoms with van der Waals surface area (Å²) in [5, 5.41) is 4.11. The summed E-state index contributed by atoms with van der Waals surface area (Å²) in [4.78, 5) is 18.4. The van der Waals surface area contributed by atoms with Crippen LogP contribution in [0.5, 0.6) is 5.75 Å². The second kappa shape index (κ2) is 10.5. The lowest BCUT2D eigenvalue weighted by molar-refractivity contribution is -0.140. The molecule has 3 heterocycles. The Morgan fingerprint density at radius 1 is 1.15 bits per heavy atom. The predicted molar refractivity (Wildman–Crippen MR) is 130 cm³/mol. The van der Waals surface area contributed by atoms with Gasteiger partial charge in [-0.25, -0.2) is 0 Å². The van der Waals surface area contributed by atoms with Gasteiger partial charge >= 0.3 is 5.97 Å². The van der Waals surface area contributed by atoms with Crippen LogP contribution in [0.2, 0.25) is 0 Å². The molecule has 1 fully saturated rings. The number of methoxy groups -OCH3 is 1. The van der Waals surface area contributed by atoms with Crippen molar-refractivity contribution in [3.8, 4) is 11.4 Å². The summed E-state index contributed by atoms with van der Waals surface area (Å²) >= 11 is 5.73. The first kappa shape index (κ1) is 22.8. The Hall–Kier alpha value is -3.39. The third-order valence-electron chi connectivity index (χ3n) is 5.71. The number of hydrogen-bond donors (Lipinski definition) is 1. The van der Waals surface area contributed by atoms with E-state index in [1.165, 1.54) is 7.11 Å². The van der Waals surface area contributed by atoms with Gasteiger partial charge in [0.2, 0.25) is 0 Å². The number of nitrogens with one attached hydrogen (secondary N) is 1. The fraction of sp³-hybridized carbons (Fsp3) is 0.320. The van der Waals surface area contributed by atoms with Gasteiger partial charge < -0.3 is 24.3 Å². The topological polar surface area (TPSA) is 68.6 Å². The lowest BCUT2D eigenvalue weighted by Gasteiger charge is -2.29. The van der Waals surface area contributed by atoms with Crippen LogP contribution in [0.3, 0.4) is 0 Å². The summed E-state index contributed by atoms with van der Waals surface area (Å²) in [6.45, 7) is 3.23. The first-order valence-electron chi connectivity index (χ1n) is 11.1. The van der Waals surface area contributed by atoms with Crippen molar-refractivity contribution in [3.05, 3.63) is 78.4 Å². The average Bonchev–Trinajstić information content (AvgIpc) is 3.45. The Bertz CT molecular complexity index is 1080. The molecule has 0 spiro atoms. The van der Waals surface area contributed by atoms with Crippen molar-refractivity contribution in [3.63, 3.8) is 0 Å². The zero-order chi connectivity index (χ0) is 23.2. The standard InChI is InChI=1S/C25H28N4O3S/c1-3-32-19-13-11-18(12-14-19)28-16-6-9-21(28)24-23(20-8-4-5-15-26-20)27-25(33)29(24)17-7-10-22(30)31-2/h4-6,8-9,11-16,23-24H,3,7,10,17H2,1-2H3,(H,27,33)/t23-,24+/m1/s1. The molecule has 0 radical (unpaired) electrons. The van der Waals surface area contributed by atoms with Crippen LogP contribution in [-0.4, -0.2) is 45.8 Å². The molecule has 1 aromatic carbocycles.